The minimum atomic E-state index is -4.15. The largest absolute Gasteiger partial charge is 0.271 e. The predicted molar refractivity (Wildman–Crippen MR) is 53.9 cm³/mol. The molecular weight excluding hydrogens is 234 g/mol. The molecule has 0 fully saturated rings. The maximum Gasteiger partial charge on any atom is 0.271 e. The molecule has 0 saturated carbocycles. The van der Waals surface area contributed by atoms with Crippen molar-refractivity contribution in [3.05, 3.63) is 33.4 Å². The quantitative estimate of drug-likeness (QED) is 0.592. The summed E-state index contributed by atoms with van der Waals surface area (Å²) in [5.41, 5.74) is -0.394. The summed E-state index contributed by atoms with van der Waals surface area (Å²) in [4.78, 5) is 9.25. The number of nitriles is 1. The average molecular weight is 241 g/mol. The van der Waals surface area contributed by atoms with E-state index < -0.39 is 25.5 Å². The Hall–Kier alpha value is -1.98. The van der Waals surface area contributed by atoms with Gasteiger partial charge in [0.25, 0.3) is 5.69 Å². The molecule has 0 aromatic heterocycles. The van der Waals surface area contributed by atoms with Gasteiger partial charge in [0.1, 0.15) is 11.0 Å². The van der Waals surface area contributed by atoms with Crippen molar-refractivity contribution in [1.82, 2.24) is 0 Å². The molecule has 0 radical (unpaired) electrons. The van der Waals surface area contributed by atoms with Crippen molar-refractivity contribution < 1.29 is 13.3 Å². The summed E-state index contributed by atoms with van der Waals surface area (Å²) in [6.07, 6.45) is 0. The zero-order valence-electron chi connectivity index (χ0n) is 8.17. The van der Waals surface area contributed by atoms with Crippen molar-refractivity contribution in [2.75, 3.05) is 0 Å². The lowest BCUT2D eigenvalue weighted by atomic mass is 10.1. The van der Waals surface area contributed by atoms with Crippen LogP contribution in [-0.2, 0) is 10.0 Å². The van der Waals surface area contributed by atoms with E-state index in [9.17, 15) is 18.5 Å². The van der Waals surface area contributed by atoms with Gasteiger partial charge in [-0.15, -0.1) is 0 Å². The van der Waals surface area contributed by atoms with Gasteiger partial charge in [0.05, 0.1) is 10.5 Å². The summed E-state index contributed by atoms with van der Waals surface area (Å²) in [6.45, 7) is 1.40. The molecule has 2 N–H and O–H groups in total. The molecule has 0 bridgehead atoms. The maximum atomic E-state index is 11.1. The van der Waals surface area contributed by atoms with Crippen LogP contribution in [0, 0.1) is 28.4 Å². The van der Waals surface area contributed by atoms with Crippen LogP contribution in [0.25, 0.3) is 0 Å². The van der Waals surface area contributed by atoms with Gasteiger partial charge in [-0.2, -0.15) is 5.26 Å². The molecule has 1 aromatic rings. The fourth-order valence-corrected chi connectivity index (χ4v) is 1.99. The van der Waals surface area contributed by atoms with E-state index in [1.807, 2.05) is 0 Å². The number of nitrogens with two attached hydrogens (primary N) is 1. The Morgan fingerprint density at radius 2 is 2.06 bits per heavy atom. The molecule has 7 nitrogen and oxygen atoms in total. The molecule has 0 amide bonds. The van der Waals surface area contributed by atoms with Gasteiger partial charge in [-0.1, -0.05) is 0 Å². The number of hydrogen-bond donors (Lipinski definition) is 1. The molecule has 0 spiro atoms. The molecule has 16 heavy (non-hydrogen) atoms. The molecular formula is C8H7N3O4S. The standard InChI is InChI=1S/C8H7N3O4S/c1-5-2-6(11(12)13)3-8(7(5)4-9)16(10,14)15/h2-3H,1H3,(H2,10,14,15). The van der Waals surface area contributed by atoms with Crippen molar-refractivity contribution in [3.8, 4) is 6.07 Å². The number of hydrogen-bond acceptors (Lipinski definition) is 5. The second kappa shape index (κ2) is 3.88. The number of aryl methyl sites for hydroxylation is 1. The first-order chi connectivity index (χ1) is 7.27. The normalized spacial score (nSPS) is 10.8. The SMILES string of the molecule is Cc1cc([N+](=O)[O-])cc(S(N)(=O)=O)c1C#N. The highest BCUT2D eigenvalue weighted by Crippen LogP contribution is 2.24. The minimum Gasteiger partial charge on any atom is -0.258 e. The van der Waals surface area contributed by atoms with Gasteiger partial charge in [0, 0.05) is 12.1 Å². The van der Waals surface area contributed by atoms with Gasteiger partial charge in [-0.05, 0) is 12.5 Å². The Morgan fingerprint density at radius 1 is 1.50 bits per heavy atom. The highest BCUT2D eigenvalue weighted by Gasteiger charge is 2.21. The van der Waals surface area contributed by atoms with Crippen LogP contribution in [0.2, 0.25) is 0 Å². The molecule has 0 saturated heterocycles. The second-order valence-electron chi connectivity index (χ2n) is 3.05. The molecule has 0 atom stereocenters. The molecule has 84 valence electrons. The van der Waals surface area contributed by atoms with Crippen LogP contribution in [0.4, 0.5) is 5.69 Å². The highest BCUT2D eigenvalue weighted by molar-refractivity contribution is 7.89. The summed E-state index contributed by atoms with van der Waals surface area (Å²) in [6, 6.07) is 3.55. The maximum absolute atomic E-state index is 11.1. The Labute approximate surface area is 91.3 Å². The molecule has 0 aliphatic heterocycles. The summed E-state index contributed by atoms with van der Waals surface area (Å²) < 4.78 is 22.3. The molecule has 1 rings (SSSR count). The van der Waals surface area contributed by atoms with Crippen LogP contribution in [0.3, 0.4) is 0 Å². The second-order valence-corrected chi connectivity index (χ2v) is 4.58. The van der Waals surface area contributed by atoms with E-state index in [0.29, 0.717) is 0 Å². The molecule has 1 aromatic carbocycles. The van der Waals surface area contributed by atoms with Crippen LogP contribution in [0.5, 0.6) is 0 Å². The zero-order valence-corrected chi connectivity index (χ0v) is 8.98. The van der Waals surface area contributed by atoms with Crippen LogP contribution < -0.4 is 5.14 Å². The number of non-ortho nitro benzene ring substituents is 1. The number of primary sulfonamides is 1. The van der Waals surface area contributed by atoms with Gasteiger partial charge >= 0.3 is 0 Å². The van der Waals surface area contributed by atoms with Crippen LogP contribution >= 0.6 is 0 Å². The number of rotatable bonds is 2. The molecule has 0 aliphatic carbocycles. The van der Waals surface area contributed by atoms with Crippen molar-refractivity contribution >= 4 is 15.7 Å². The lowest BCUT2D eigenvalue weighted by Gasteiger charge is -2.04. The monoisotopic (exact) mass is 241 g/mol. The van der Waals surface area contributed by atoms with E-state index in [2.05, 4.69) is 0 Å². The van der Waals surface area contributed by atoms with Gasteiger partial charge < -0.3 is 0 Å². The molecule has 0 heterocycles. The van der Waals surface area contributed by atoms with E-state index in [-0.39, 0.29) is 11.1 Å². The molecule has 0 unspecified atom stereocenters. The van der Waals surface area contributed by atoms with E-state index in [4.69, 9.17) is 10.4 Å². The fourth-order valence-electron chi connectivity index (χ4n) is 1.21. The van der Waals surface area contributed by atoms with Crippen molar-refractivity contribution in [3.63, 3.8) is 0 Å². The third-order valence-electron chi connectivity index (χ3n) is 1.91. The summed E-state index contributed by atoms with van der Waals surface area (Å²) in [7, 11) is -4.15. The van der Waals surface area contributed by atoms with Gasteiger partial charge in [-0.25, -0.2) is 13.6 Å². The number of nitro groups is 1. The molecule has 0 aliphatic rings. The van der Waals surface area contributed by atoms with Crippen LogP contribution in [-0.4, -0.2) is 13.3 Å². The van der Waals surface area contributed by atoms with E-state index in [1.54, 1.807) is 6.07 Å². The Morgan fingerprint density at radius 3 is 2.44 bits per heavy atom. The number of nitro benzene ring substituents is 1. The first-order valence-electron chi connectivity index (χ1n) is 3.99. The minimum absolute atomic E-state index is 0.173. The first-order valence-corrected chi connectivity index (χ1v) is 5.54. The lowest BCUT2D eigenvalue weighted by molar-refractivity contribution is -0.385. The van der Waals surface area contributed by atoms with Crippen LogP contribution in [0.1, 0.15) is 11.1 Å². The Balaban J connectivity index is 3.71. The number of sulfonamides is 1. The topological polar surface area (TPSA) is 127 Å². The van der Waals surface area contributed by atoms with Gasteiger partial charge in [0.15, 0.2) is 0 Å². The highest BCUT2D eigenvalue weighted by atomic mass is 32.2. The zero-order chi connectivity index (χ0) is 12.5. The van der Waals surface area contributed by atoms with Gasteiger partial charge in [-0.3, -0.25) is 10.1 Å². The summed E-state index contributed by atoms with van der Waals surface area (Å²) in [5, 5.41) is 24.1. The fraction of sp³-hybridized carbons (Fsp3) is 0.125. The Kier molecular flexibility index (Phi) is 2.93. The van der Waals surface area contributed by atoms with Crippen molar-refractivity contribution in [1.29, 1.82) is 5.26 Å². The van der Waals surface area contributed by atoms with E-state index in [1.165, 1.54) is 6.92 Å². The number of benzene rings is 1. The summed E-state index contributed by atoms with van der Waals surface area (Å²) in [5.74, 6) is 0. The lowest BCUT2D eigenvalue weighted by Crippen LogP contribution is -2.15. The van der Waals surface area contributed by atoms with E-state index >= 15 is 0 Å². The smallest absolute Gasteiger partial charge is 0.258 e. The van der Waals surface area contributed by atoms with Crippen molar-refractivity contribution in [2.45, 2.75) is 11.8 Å². The van der Waals surface area contributed by atoms with Gasteiger partial charge in [0.2, 0.25) is 10.0 Å². The van der Waals surface area contributed by atoms with Crippen LogP contribution in [0.15, 0.2) is 17.0 Å². The third kappa shape index (κ3) is 2.16. The third-order valence-corrected chi connectivity index (χ3v) is 2.85. The number of nitrogens with zero attached hydrogens (tertiary/aromatic N) is 2. The van der Waals surface area contributed by atoms with Crippen molar-refractivity contribution in [2.24, 2.45) is 5.14 Å². The Bertz CT molecular complexity index is 600. The average Bonchev–Trinajstić information content (AvgIpc) is 2.14. The van der Waals surface area contributed by atoms with E-state index in [0.717, 1.165) is 12.1 Å². The first kappa shape index (κ1) is 12.1. The molecule has 8 heteroatoms. The summed E-state index contributed by atoms with van der Waals surface area (Å²) >= 11 is 0. The predicted octanol–water partition coefficient (Wildman–Crippen LogP) is 0.422.